The van der Waals surface area contributed by atoms with Crippen LogP contribution in [0.2, 0.25) is 0 Å². The first kappa shape index (κ1) is 21.2. The van der Waals surface area contributed by atoms with Crippen molar-refractivity contribution in [2.75, 3.05) is 39.5 Å². The van der Waals surface area contributed by atoms with Crippen LogP contribution in [-0.4, -0.2) is 64.8 Å². The summed E-state index contributed by atoms with van der Waals surface area (Å²) in [5, 5.41) is 0. The smallest absolute Gasteiger partial charge is 0.262 e. The Morgan fingerprint density at radius 1 is 1.04 bits per heavy atom. The van der Waals surface area contributed by atoms with Crippen molar-refractivity contribution >= 4 is 27.5 Å². The summed E-state index contributed by atoms with van der Waals surface area (Å²) >= 11 is 0. The molecule has 150 valence electrons. The lowest BCUT2D eigenvalue weighted by atomic mass is 10.2. The molecule has 0 saturated carbocycles. The zero-order valence-corrected chi connectivity index (χ0v) is 17.0. The Balaban J connectivity index is 2.26. The molecule has 0 saturated heterocycles. The zero-order valence-electron chi connectivity index (χ0n) is 16.2. The van der Waals surface area contributed by atoms with Crippen molar-refractivity contribution in [3.63, 3.8) is 0 Å². The van der Waals surface area contributed by atoms with Crippen molar-refractivity contribution in [1.29, 1.82) is 0 Å². The number of hydrogen-bond donors (Lipinski definition) is 1. The molecule has 0 unspecified atom stereocenters. The van der Waals surface area contributed by atoms with Crippen LogP contribution < -0.4 is 9.46 Å². The van der Waals surface area contributed by atoms with E-state index in [2.05, 4.69) is 4.72 Å². The molecule has 8 nitrogen and oxygen atoms in total. The first-order valence-electron chi connectivity index (χ1n) is 8.37. The molecule has 1 N–H and O–H groups in total. The Morgan fingerprint density at radius 3 is 2.36 bits per heavy atom. The van der Waals surface area contributed by atoms with Crippen LogP contribution in [0.4, 0.5) is 5.69 Å². The lowest BCUT2D eigenvalue weighted by Crippen LogP contribution is -2.37. The van der Waals surface area contributed by atoms with Gasteiger partial charge in [-0.05, 0) is 30.3 Å². The zero-order chi connectivity index (χ0) is 20.9. The Hall–Kier alpha value is -3.07. The van der Waals surface area contributed by atoms with Crippen LogP contribution in [0, 0.1) is 0 Å². The first-order valence-corrected chi connectivity index (χ1v) is 9.85. The number of nitrogens with zero attached hydrogens (tertiary/aromatic N) is 2. The predicted octanol–water partition coefficient (Wildman–Crippen LogP) is 1.66. The number of hydrogen-bond acceptors (Lipinski definition) is 5. The van der Waals surface area contributed by atoms with Crippen molar-refractivity contribution in [1.82, 2.24) is 9.80 Å². The van der Waals surface area contributed by atoms with Crippen LogP contribution >= 0.6 is 0 Å². The monoisotopic (exact) mass is 405 g/mol. The van der Waals surface area contributed by atoms with E-state index in [4.69, 9.17) is 4.74 Å². The van der Waals surface area contributed by atoms with Gasteiger partial charge in [0.05, 0.1) is 24.2 Å². The van der Waals surface area contributed by atoms with E-state index in [-0.39, 0.29) is 28.6 Å². The van der Waals surface area contributed by atoms with Gasteiger partial charge in [0.15, 0.2) is 0 Å². The number of amides is 2. The van der Waals surface area contributed by atoms with Gasteiger partial charge < -0.3 is 14.5 Å². The molecule has 0 aromatic heterocycles. The number of likely N-dealkylation sites (N-methyl/N-ethyl adjacent to an activating group) is 2. The minimum absolute atomic E-state index is 0.0726. The van der Waals surface area contributed by atoms with Crippen LogP contribution in [0.15, 0.2) is 53.4 Å². The van der Waals surface area contributed by atoms with E-state index < -0.39 is 15.9 Å². The van der Waals surface area contributed by atoms with Gasteiger partial charge >= 0.3 is 0 Å². The van der Waals surface area contributed by atoms with Crippen LogP contribution in [0.1, 0.15) is 10.4 Å². The third-order valence-corrected chi connectivity index (χ3v) is 5.32. The van der Waals surface area contributed by atoms with Crippen LogP contribution in [0.25, 0.3) is 0 Å². The molecule has 2 aromatic rings. The predicted molar refractivity (Wildman–Crippen MR) is 106 cm³/mol. The van der Waals surface area contributed by atoms with Gasteiger partial charge in [0, 0.05) is 26.7 Å². The van der Waals surface area contributed by atoms with Crippen molar-refractivity contribution < 1.29 is 22.7 Å². The summed E-state index contributed by atoms with van der Waals surface area (Å²) in [5.41, 5.74) is 0.451. The maximum absolute atomic E-state index is 12.7. The summed E-state index contributed by atoms with van der Waals surface area (Å²) in [7, 11) is 2.18. The highest BCUT2D eigenvalue weighted by atomic mass is 32.2. The van der Waals surface area contributed by atoms with E-state index in [0.717, 1.165) is 0 Å². The number of para-hydroxylation sites is 2. The van der Waals surface area contributed by atoms with Gasteiger partial charge in [0.25, 0.3) is 15.9 Å². The third kappa shape index (κ3) is 5.01. The second-order valence-electron chi connectivity index (χ2n) is 6.28. The number of ether oxygens (including phenoxy) is 1. The van der Waals surface area contributed by atoms with Crippen molar-refractivity contribution in [3.05, 3.63) is 54.1 Å². The van der Waals surface area contributed by atoms with E-state index in [1.165, 1.54) is 48.2 Å². The Morgan fingerprint density at radius 2 is 1.71 bits per heavy atom. The van der Waals surface area contributed by atoms with Crippen molar-refractivity contribution in [2.24, 2.45) is 0 Å². The molecule has 0 heterocycles. The quantitative estimate of drug-likeness (QED) is 0.756. The van der Waals surface area contributed by atoms with Gasteiger partial charge in [0.1, 0.15) is 5.75 Å². The van der Waals surface area contributed by atoms with E-state index in [9.17, 15) is 18.0 Å². The van der Waals surface area contributed by atoms with Crippen molar-refractivity contribution in [3.8, 4) is 5.75 Å². The van der Waals surface area contributed by atoms with Crippen LogP contribution in [0.5, 0.6) is 5.75 Å². The highest BCUT2D eigenvalue weighted by molar-refractivity contribution is 7.92. The third-order valence-electron chi connectivity index (χ3n) is 3.96. The molecule has 0 atom stereocenters. The maximum Gasteiger partial charge on any atom is 0.262 e. The fraction of sp³-hybridized carbons (Fsp3) is 0.263. The standard InChI is InChI=1S/C19H23N3O5S/c1-21(2)18(23)13-22(3)19(24)14-8-7-9-15(12-14)28(25,26)20-16-10-5-6-11-17(16)27-4/h5-12,20H,13H2,1-4H3. The summed E-state index contributed by atoms with van der Waals surface area (Å²) in [6.45, 7) is -0.109. The molecule has 2 aromatic carbocycles. The molecule has 2 rings (SSSR count). The van der Waals surface area contributed by atoms with Gasteiger partial charge in [-0.1, -0.05) is 18.2 Å². The molecule has 9 heteroatoms. The molecule has 2 amide bonds. The summed E-state index contributed by atoms with van der Waals surface area (Å²) in [6.07, 6.45) is 0. The number of carbonyl (C=O) groups is 2. The molecule has 0 spiro atoms. The summed E-state index contributed by atoms with van der Waals surface area (Å²) < 4.78 is 33.1. The minimum atomic E-state index is -3.94. The lowest BCUT2D eigenvalue weighted by molar-refractivity contribution is -0.129. The number of carbonyl (C=O) groups excluding carboxylic acids is 2. The number of sulfonamides is 1. The molecule has 28 heavy (non-hydrogen) atoms. The number of anilines is 1. The Labute approximate surface area is 164 Å². The second kappa shape index (κ2) is 8.75. The number of rotatable bonds is 7. The van der Waals surface area contributed by atoms with E-state index in [0.29, 0.717) is 5.75 Å². The molecule has 0 aliphatic carbocycles. The minimum Gasteiger partial charge on any atom is -0.495 e. The molecular formula is C19H23N3O5S. The fourth-order valence-electron chi connectivity index (χ4n) is 2.37. The normalized spacial score (nSPS) is 10.9. The summed E-state index contributed by atoms with van der Waals surface area (Å²) in [4.78, 5) is 26.9. The topological polar surface area (TPSA) is 96.0 Å². The molecule has 0 fully saturated rings. The molecule has 0 bridgehead atoms. The molecule has 0 aliphatic rings. The van der Waals surface area contributed by atoms with Gasteiger partial charge in [-0.25, -0.2) is 8.42 Å². The molecule has 0 aliphatic heterocycles. The average Bonchev–Trinajstić information content (AvgIpc) is 2.67. The fourth-order valence-corrected chi connectivity index (χ4v) is 3.48. The van der Waals surface area contributed by atoms with Gasteiger partial charge in [-0.15, -0.1) is 0 Å². The lowest BCUT2D eigenvalue weighted by Gasteiger charge is -2.19. The Kier molecular flexibility index (Phi) is 6.63. The highest BCUT2D eigenvalue weighted by Crippen LogP contribution is 2.26. The largest absolute Gasteiger partial charge is 0.495 e. The second-order valence-corrected chi connectivity index (χ2v) is 7.97. The van der Waals surface area contributed by atoms with E-state index in [1.807, 2.05) is 0 Å². The highest BCUT2D eigenvalue weighted by Gasteiger charge is 2.20. The van der Waals surface area contributed by atoms with E-state index in [1.54, 1.807) is 38.4 Å². The Bertz CT molecular complexity index is 973. The van der Waals surface area contributed by atoms with Crippen molar-refractivity contribution in [2.45, 2.75) is 4.90 Å². The SMILES string of the molecule is COc1ccccc1NS(=O)(=O)c1cccc(C(=O)N(C)CC(=O)N(C)C)c1. The number of benzene rings is 2. The first-order chi connectivity index (χ1) is 13.2. The average molecular weight is 405 g/mol. The maximum atomic E-state index is 12.7. The van der Waals surface area contributed by atoms with Crippen LogP contribution in [-0.2, 0) is 14.8 Å². The summed E-state index contributed by atoms with van der Waals surface area (Å²) in [5.74, 6) is -0.317. The number of nitrogens with one attached hydrogen (secondary N) is 1. The summed E-state index contributed by atoms with van der Waals surface area (Å²) in [6, 6.07) is 12.3. The van der Waals surface area contributed by atoms with Crippen LogP contribution in [0.3, 0.4) is 0 Å². The van der Waals surface area contributed by atoms with Gasteiger partial charge in [-0.3, -0.25) is 14.3 Å². The van der Waals surface area contributed by atoms with E-state index >= 15 is 0 Å². The van der Waals surface area contributed by atoms with Gasteiger partial charge in [0.2, 0.25) is 5.91 Å². The molecule has 0 radical (unpaired) electrons. The number of methoxy groups -OCH3 is 1. The van der Waals surface area contributed by atoms with Gasteiger partial charge in [-0.2, -0.15) is 0 Å². The molecular weight excluding hydrogens is 382 g/mol.